The van der Waals surface area contributed by atoms with E-state index in [-0.39, 0.29) is 28.0 Å². The maximum absolute atomic E-state index is 13.0. The standard InChI is InChI=1S/C21H14O5/c22-17-12-5-4-9-14(17)20(24)18-15(10-6-11-16(18)21(25)26)19(23)13-7-2-1-3-8-13/h1-12,22H,(H,25,26). The Balaban J connectivity index is 2.23. The molecule has 0 unspecified atom stereocenters. The number of benzene rings is 3. The van der Waals surface area contributed by atoms with E-state index in [0.29, 0.717) is 5.56 Å². The van der Waals surface area contributed by atoms with Gasteiger partial charge in [-0.05, 0) is 18.2 Å². The largest absolute Gasteiger partial charge is 0.507 e. The lowest BCUT2D eigenvalue weighted by Crippen LogP contribution is -2.16. The molecular formula is C21H14O5. The van der Waals surface area contributed by atoms with Crippen molar-refractivity contribution in [3.05, 3.63) is 101 Å². The number of aromatic carboxylic acids is 1. The number of hydrogen-bond acceptors (Lipinski definition) is 4. The summed E-state index contributed by atoms with van der Waals surface area (Å²) in [7, 11) is 0. The van der Waals surface area contributed by atoms with Crippen LogP contribution in [0.1, 0.15) is 42.2 Å². The summed E-state index contributed by atoms with van der Waals surface area (Å²) in [5.41, 5.74) is -0.288. The second-order valence-corrected chi connectivity index (χ2v) is 5.57. The van der Waals surface area contributed by atoms with Crippen molar-refractivity contribution in [3.63, 3.8) is 0 Å². The molecule has 0 heterocycles. The predicted octanol–water partition coefficient (Wildman–Crippen LogP) is 3.55. The average Bonchev–Trinajstić information content (AvgIpc) is 2.67. The lowest BCUT2D eigenvalue weighted by Gasteiger charge is -2.12. The van der Waals surface area contributed by atoms with Crippen LogP contribution in [0.4, 0.5) is 0 Å². The molecular weight excluding hydrogens is 332 g/mol. The SMILES string of the molecule is O=C(O)c1cccc(C(=O)c2ccccc2)c1C(=O)c1ccccc1O. The maximum Gasteiger partial charge on any atom is 0.336 e. The molecule has 128 valence electrons. The minimum absolute atomic E-state index is 0.0237. The molecule has 5 heteroatoms. The summed E-state index contributed by atoms with van der Waals surface area (Å²) >= 11 is 0. The Hall–Kier alpha value is -3.73. The highest BCUT2D eigenvalue weighted by Gasteiger charge is 2.26. The summed E-state index contributed by atoms with van der Waals surface area (Å²) in [6, 6.07) is 18.2. The third-order valence-electron chi connectivity index (χ3n) is 3.95. The first-order valence-electron chi connectivity index (χ1n) is 7.79. The molecule has 3 aromatic carbocycles. The quantitative estimate of drug-likeness (QED) is 0.689. The van der Waals surface area contributed by atoms with Crippen molar-refractivity contribution in [2.24, 2.45) is 0 Å². The summed E-state index contributed by atoms with van der Waals surface area (Å²) in [4.78, 5) is 37.5. The molecule has 0 radical (unpaired) electrons. The molecule has 2 N–H and O–H groups in total. The molecule has 0 fully saturated rings. The van der Waals surface area contributed by atoms with Crippen LogP contribution in [0.5, 0.6) is 5.75 Å². The number of para-hydroxylation sites is 1. The van der Waals surface area contributed by atoms with Gasteiger partial charge in [0.25, 0.3) is 0 Å². The van der Waals surface area contributed by atoms with Crippen LogP contribution in [-0.2, 0) is 0 Å². The number of carboxylic acids is 1. The van der Waals surface area contributed by atoms with Crippen molar-refractivity contribution in [2.75, 3.05) is 0 Å². The van der Waals surface area contributed by atoms with E-state index in [9.17, 15) is 24.6 Å². The van der Waals surface area contributed by atoms with Gasteiger partial charge in [-0.2, -0.15) is 0 Å². The Labute approximate surface area is 149 Å². The predicted molar refractivity (Wildman–Crippen MR) is 94.8 cm³/mol. The van der Waals surface area contributed by atoms with Crippen LogP contribution in [0.2, 0.25) is 0 Å². The lowest BCUT2D eigenvalue weighted by molar-refractivity contribution is 0.0692. The molecule has 0 bridgehead atoms. The van der Waals surface area contributed by atoms with Crippen molar-refractivity contribution >= 4 is 17.5 Å². The van der Waals surface area contributed by atoms with Gasteiger partial charge >= 0.3 is 5.97 Å². The number of hydrogen-bond donors (Lipinski definition) is 2. The minimum atomic E-state index is -1.33. The molecule has 0 aromatic heterocycles. The van der Waals surface area contributed by atoms with Gasteiger partial charge in [0.2, 0.25) is 0 Å². The van der Waals surface area contributed by atoms with Crippen LogP contribution >= 0.6 is 0 Å². The number of aromatic hydroxyl groups is 1. The highest BCUT2D eigenvalue weighted by Crippen LogP contribution is 2.26. The number of carbonyl (C=O) groups is 3. The summed E-state index contributed by atoms with van der Waals surface area (Å²) < 4.78 is 0. The zero-order chi connectivity index (χ0) is 18.7. The van der Waals surface area contributed by atoms with Crippen LogP contribution in [-0.4, -0.2) is 27.7 Å². The van der Waals surface area contributed by atoms with E-state index < -0.39 is 17.5 Å². The summed E-state index contributed by atoms with van der Waals surface area (Å²) in [5.74, 6) is -2.80. The lowest BCUT2D eigenvalue weighted by atomic mass is 9.89. The second-order valence-electron chi connectivity index (χ2n) is 5.57. The highest BCUT2D eigenvalue weighted by molar-refractivity contribution is 6.23. The average molecular weight is 346 g/mol. The molecule has 0 spiro atoms. The van der Waals surface area contributed by atoms with Gasteiger partial charge in [-0.15, -0.1) is 0 Å². The van der Waals surface area contributed by atoms with Crippen molar-refractivity contribution in [1.82, 2.24) is 0 Å². The number of phenolic OH excluding ortho intramolecular Hbond substituents is 1. The minimum Gasteiger partial charge on any atom is -0.507 e. The summed E-state index contributed by atoms with van der Waals surface area (Å²) in [5, 5.41) is 19.4. The van der Waals surface area contributed by atoms with E-state index in [0.717, 1.165) is 0 Å². The second kappa shape index (κ2) is 7.03. The molecule has 0 saturated heterocycles. The molecule has 0 saturated carbocycles. The highest BCUT2D eigenvalue weighted by atomic mass is 16.4. The van der Waals surface area contributed by atoms with Crippen LogP contribution in [0.15, 0.2) is 72.8 Å². The van der Waals surface area contributed by atoms with Crippen LogP contribution in [0, 0.1) is 0 Å². The zero-order valence-electron chi connectivity index (χ0n) is 13.5. The topological polar surface area (TPSA) is 91.7 Å². The monoisotopic (exact) mass is 346 g/mol. The van der Waals surface area contributed by atoms with Gasteiger partial charge < -0.3 is 10.2 Å². The van der Waals surface area contributed by atoms with E-state index in [1.807, 2.05) is 0 Å². The van der Waals surface area contributed by atoms with Gasteiger partial charge in [0.15, 0.2) is 11.6 Å². The van der Waals surface area contributed by atoms with Gasteiger partial charge in [0.05, 0.1) is 11.1 Å². The Morgan fingerprint density at radius 1 is 0.615 bits per heavy atom. The number of ketones is 2. The molecule has 0 amide bonds. The van der Waals surface area contributed by atoms with Crippen LogP contribution in [0.25, 0.3) is 0 Å². The third-order valence-corrected chi connectivity index (χ3v) is 3.95. The molecule has 5 nitrogen and oxygen atoms in total. The Bertz CT molecular complexity index is 1010. The van der Waals surface area contributed by atoms with Gasteiger partial charge in [0, 0.05) is 16.7 Å². The third kappa shape index (κ3) is 3.10. The van der Waals surface area contributed by atoms with Gasteiger partial charge in [-0.1, -0.05) is 54.6 Å². The first-order chi connectivity index (χ1) is 12.5. The van der Waals surface area contributed by atoms with Gasteiger partial charge in [0.1, 0.15) is 5.75 Å². The van der Waals surface area contributed by atoms with Crippen molar-refractivity contribution in [2.45, 2.75) is 0 Å². The number of phenols is 1. The van der Waals surface area contributed by atoms with Crippen molar-refractivity contribution in [1.29, 1.82) is 0 Å². The smallest absolute Gasteiger partial charge is 0.336 e. The molecule has 0 aliphatic carbocycles. The van der Waals surface area contributed by atoms with Crippen molar-refractivity contribution < 1.29 is 24.6 Å². The fraction of sp³-hybridized carbons (Fsp3) is 0. The van der Waals surface area contributed by atoms with E-state index in [2.05, 4.69) is 0 Å². The normalized spacial score (nSPS) is 10.3. The van der Waals surface area contributed by atoms with E-state index >= 15 is 0 Å². The van der Waals surface area contributed by atoms with E-state index in [1.54, 1.807) is 42.5 Å². The fourth-order valence-electron chi connectivity index (χ4n) is 2.71. The maximum atomic E-state index is 13.0. The first-order valence-corrected chi connectivity index (χ1v) is 7.79. The molecule has 0 atom stereocenters. The van der Waals surface area contributed by atoms with Crippen LogP contribution < -0.4 is 0 Å². The molecule has 3 rings (SSSR count). The Kier molecular flexibility index (Phi) is 4.62. The van der Waals surface area contributed by atoms with Crippen LogP contribution in [0.3, 0.4) is 0 Å². The number of rotatable bonds is 5. The van der Waals surface area contributed by atoms with Gasteiger partial charge in [-0.3, -0.25) is 9.59 Å². The summed E-state index contributed by atoms with van der Waals surface area (Å²) in [6.07, 6.45) is 0. The molecule has 26 heavy (non-hydrogen) atoms. The van der Waals surface area contributed by atoms with Crippen molar-refractivity contribution in [3.8, 4) is 5.75 Å². The molecule has 3 aromatic rings. The van der Waals surface area contributed by atoms with E-state index in [1.165, 1.54) is 30.3 Å². The van der Waals surface area contributed by atoms with Gasteiger partial charge in [-0.25, -0.2) is 4.79 Å². The Morgan fingerprint density at radius 3 is 1.85 bits per heavy atom. The zero-order valence-corrected chi connectivity index (χ0v) is 13.5. The first kappa shape index (κ1) is 17.1. The number of carboxylic acid groups (broad SMARTS) is 1. The molecule has 0 aliphatic heterocycles. The number of carbonyl (C=O) groups excluding carboxylic acids is 2. The van der Waals surface area contributed by atoms with E-state index in [4.69, 9.17) is 0 Å². The molecule has 0 aliphatic rings. The Morgan fingerprint density at radius 2 is 1.19 bits per heavy atom. The fourth-order valence-corrected chi connectivity index (χ4v) is 2.71. The summed E-state index contributed by atoms with van der Waals surface area (Å²) in [6.45, 7) is 0.